The van der Waals surface area contributed by atoms with Gasteiger partial charge in [-0.25, -0.2) is 0 Å². The van der Waals surface area contributed by atoms with Crippen LogP contribution in [0, 0.1) is 29.6 Å². The summed E-state index contributed by atoms with van der Waals surface area (Å²) in [7, 11) is 0. The van der Waals surface area contributed by atoms with Crippen LogP contribution in [0.2, 0.25) is 0 Å². The van der Waals surface area contributed by atoms with E-state index in [-0.39, 0.29) is 6.10 Å². The molecule has 1 heteroatoms. The third-order valence-corrected chi connectivity index (χ3v) is 7.72. The molecule has 0 aliphatic carbocycles. The largest absolute Gasteiger partial charge is 0.393 e. The summed E-state index contributed by atoms with van der Waals surface area (Å²) in [4.78, 5) is 0. The molecule has 0 bridgehead atoms. The first kappa shape index (κ1) is 34.2. The molecule has 35 heavy (non-hydrogen) atoms. The molecule has 1 N–H and O–H groups in total. The van der Waals surface area contributed by atoms with Gasteiger partial charge in [0.25, 0.3) is 0 Å². The predicted octanol–water partition coefficient (Wildman–Crippen LogP) is 11.1. The van der Waals surface area contributed by atoms with Crippen molar-refractivity contribution in [2.24, 2.45) is 29.6 Å². The minimum Gasteiger partial charge on any atom is -0.393 e. The lowest BCUT2D eigenvalue weighted by molar-refractivity contribution is 0.148. The Hall–Kier alpha value is -0.820. The van der Waals surface area contributed by atoms with Gasteiger partial charge in [-0.3, -0.25) is 0 Å². The van der Waals surface area contributed by atoms with Gasteiger partial charge in [0.05, 0.1) is 6.10 Å². The molecule has 1 nitrogen and oxygen atoms in total. The molecule has 0 amide bonds. The van der Waals surface area contributed by atoms with Gasteiger partial charge in [0.15, 0.2) is 0 Å². The van der Waals surface area contributed by atoms with E-state index in [4.69, 9.17) is 0 Å². The summed E-state index contributed by atoms with van der Waals surface area (Å²) in [5.41, 5.74) is 1.72. The lowest BCUT2D eigenvalue weighted by atomic mass is 9.82. The molecule has 0 rings (SSSR count). The summed E-state index contributed by atoms with van der Waals surface area (Å²) < 4.78 is 0. The van der Waals surface area contributed by atoms with Gasteiger partial charge in [0, 0.05) is 0 Å². The fraction of sp³-hybridized carbons (Fsp3) is 0.824. The molecular weight excluding hydrogens is 424 g/mol. The molecule has 0 saturated heterocycles. The normalized spacial score (nSPS) is 16.2. The number of aliphatic hydroxyl groups is 1. The van der Waals surface area contributed by atoms with Crippen LogP contribution >= 0.6 is 0 Å². The van der Waals surface area contributed by atoms with E-state index in [2.05, 4.69) is 79.3 Å². The first-order valence-electron chi connectivity index (χ1n) is 15.4. The van der Waals surface area contributed by atoms with Crippen LogP contribution in [-0.4, -0.2) is 11.2 Å². The van der Waals surface area contributed by atoms with Crippen LogP contribution in [0.5, 0.6) is 0 Å². The molecule has 0 heterocycles. The molecule has 0 aromatic heterocycles. The van der Waals surface area contributed by atoms with E-state index in [0.29, 0.717) is 17.8 Å². The van der Waals surface area contributed by atoms with E-state index < -0.39 is 0 Å². The average molecular weight is 489 g/mol. The van der Waals surface area contributed by atoms with Crippen LogP contribution in [-0.2, 0) is 0 Å². The van der Waals surface area contributed by atoms with Gasteiger partial charge in [0.1, 0.15) is 0 Å². The van der Waals surface area contributed by atoms with Crippen LogP contribution in [0.3, 0.4) is 0 Å². The Kier molecular flexibility index (Phi) is 21.9. The second-order valence-corrected chi connectivity index (χ2v) is 12.0. The average Bonchev–Trinajstić information content (AvgIpc) is 2.82. The van der Waals surface area contributed by atoms with Crippen molar-refractivity contribution in [2.75, 3.05) is 0 Å². The highest BCUT2D eigenvalue weighted by Crippen LogP contribution is 2.30. The van der Waals surface area contributed by atoms with E-state index in [1.807, 2.05) is 0 Å². The Morgan fingerprint density at radius 1 is 0.800 bits per heavy atom. The molecular formula is C34H64O. The standard InChI is InChI=1S/C34H64O/c1-9-13-18-30(17-10-2)27-31(23-21-28(5)6)24-25-33(12-4)32(11-3)19-15-14-16-20-34(35)26-22-29(7)8/h11,14-15,24,28-30,32-35H,3,9-10,12-13,16-23,25-27H2,1-2,4-8H3/b15-14-,31-24+/t30?,32?,33-,34-/m1/s1. The fourth-order valence-corrected chi connectivity index (χ4v) is 5.16. The monoisotopic (exact) mass is 488 g/mol. The summed E-state index contributed by atoms with van der Waals surface area (Å²) in [6.45, 7) is 20.4. The van der Waals surface area contributed by atoms with E-state index >= 15 is 0 Å². The van der Waals surface area contributed by atoms with Crippen LogP contribution in [0.25, 0.3) is 0 Å². The molecule has 206 valence electrons. The first-order chi connectivity index (χ1) is 16.8. The van der Waals surface area contributed by atoms with Crippen LogP contribution in [0.4, 0.5) is 0 Å². The zero-order valence-electron chi connectivity index (χ0n) is 25.0. The minimum absolute atomic E-state index is 0.149. The molecule has 0 aliphatic heterocycles. The molecule has 0 aliphatic rings. The highest BCUT2D eigenvalue weighted by molar-refractivity contribution is 5.05. The van der Waals surface area contributed by atoms with Gasteiger partial charge in [-0.2, -0.15) is 0 Å². The third kappa shape index (κ3) is 19.0. The Morgan fingerprint density at radius 2 is 1.51 bits per heavy atom. The maximum atomic E-state index is 10.2. The Balaban J connectivity index is 4.97. The van der Waals surface area contributed by atoms with Crippen molar-refractivity contribution in [2.45, 2.75) is 151 Å². The van der Waals surface area contributed by atoms with Crippen LogP contribution in [0.1, 0.15) is 145 Å². The molecule has 0 spiro atoms. The molecule has 4 atom stereocenters. The van der Waals surface area contributed by atoms with E-state index in [9.17, 15) is 5.11 Å². The van der Waals surface area contributed by atoms with Gasteiger partial charge in [-0.05, 0) is 87.4 Å². The Morgan fingerprint density at radius 3 is 2.09 bits per heavy atom. The van der Waals surface area contributed by atoms with Gasteiger partial charge >= 0.3 is 0 Å². The maximum Gasteiger partial charge on any atom is 0.0543 e. The number of hydrogen-bond donors (Lipinski definition) is 1. The summed E-state index contributed by atoms with van der Waals surface area (Å²) in [5, 5.41) is 10.2. The fourth-order valence-electron chi connectivity index (χ4n) is 5.16. The predicted molar refractivity (Wildman–Crippen MR) is 160 cm³/mol. The van der Waals surface area contributed by atoms with Crippen molar-refractivity contribution < 1.29 is 5.11 Å². The van der Waals surface area contributed by atoms with Gasteiger partial charge in [-0.1, -0.05) is 117 Å². The molecule has 0 aromatic carbocycles. The van der Waals surface area contributed by atoms with E-state index in [0.717, 1.165) is 43.9 Å². The van der Waals surface area contributed by atoms with E-state index in [1.54, 1.807) is 5.57 Å². The SMILES string of the molecule is C=CC(C/C=C\CC[C@@H](O)CCC(C)C)[C@H](CC)C/C=C(\CCC(C)C)CC(CCC)CCCC. The molecule has 0 fully saturated rings. The van der Waals surface area contributed by atoms with Crippen molar-refractivity contribution >= 4 is 0 Å². The number of hydrogen-bond acceptors (Lipinski definition) is 1. The quantitative estimate of drug-likeness (QED) is 0.142. The minimum atomic E-state index is -0.149. The Labute approximate surface area is 222 Å². The van der Waals surface area contributed by atoms with Crippen molar-refractivity contribution in [3.05, 3.63) is 36.5 Å². The smallest absolute Gasteiger partial charge is 0.0543 e. The van der Waals surface area contributed by atoms with Crippen molar-refractivity contribution in [3.8, 4) is 0 Å². The molecule has 2 unspecified atom stereocenters. The lowest BCUT2D eigenvalue weighted by Crippen LogP contribution is -2.11. The molecule has 0 saturated carbocycles. The van der Waals surface area contributed by atoms with Crippen molar-refractivity contribution in [3.63, 3.8) is 0 Å². The second-order valence-electron chi connectivity index (χ2n) is 12.0. The highest BCUT2D eigenvalue weighted by Gasteiger charge is 2.17. The molecule has 0 radical (unpaired) electrons. The van der Waals surface area contributed by atoms with Crippen molar-refractivity contribution in [1.82, 2.24) is 0 Å². The van der Waals surface area contributed by atoms with Gasteiger partial charge < -0.3 is 5.11 Å². The summed E-state index contributed by atoms with van der Waals surface area (Å²) in [6.07, 6.45) is 27.4. The maximum absolute atomic E-state index is 10.2. The van der Waals surface area contributed by atoms with Gasteiger partial charge in [0.2, 0.25) is 0 Å². The Bertz CT molecular complexity index is 541. The number of rotatable bonds is 23. The van der Waals surface area contributed by atoms with Crippen LogP contribution < -0.4 is 0 Å². The summed E-state index contributed by atoms with van der Waals surface area (Å²) in [6, 6.07) is 0. The zero-order valence-corrected chi connectivity index (χ0v) is 25.0. The van der Waals surface area contributed by atoms with E-state index in [1.165, 1.54) is 64.2 Å². The topological polar surface area (TPSA) is 20.2 Å². The summed E-state index contributed by atoms with van der Waals surface area (Å²) in [5.74, 6) is 3.52. The zero-order chi connectivity index (χ0) is 26.5. The summed E-state index contributed by atoms with van der Waals surface area (Å²) >= 11 is 0. The number of allylic oxidation sites excluding steroid dienone is 5. The van der Waals surface area contributed by atoms with Crippen LogP contribution in [0.15, 0.2) is 36.5 Å². The first-order valence-corrected chi connectivity index (χ1v) is 15.4. The lowest BCUT2D eigenvalue weighted by Gasteiger charge is -2.23. The highest BCUT2D eigenvalue weighted by atomic mass is 16.3. The van der Waals surface area contributed by atoms with Gasteiger partial charge in [-0.15, -0.1) is 6.58 Å². The number of unbranched alkanes of at least 4 members (excludes halogenated alkanes) is 1. The van der Waals surface area contributed by atoms with Crippen molar-refractivity contribution in [1.29, 1.82) is 0 Å². The molecule has 0 aromatic rings. The second kappa shape index (κ2) is 22.4. The third-order valence-electron chi connectivity index (χ3n) is 7.72. The number of aliphatic hydroxyl groups excluding tert-OH is 1.